The predicted molar refractivity (Wildman–Crippen MR) is 132 cm³/mol. The Morgan fingerprint density at radius 3 is 2.55 bits per heavy atom. The number of aromatic nitrogens is 3. The summed E-state index contributed by atoms with van der Waals surface area (Å²) in [6.45, 7) is 0.556. The first-order valence-corrected chi connectivity index (χ1v) is 11.4. The number of methoxy groups -OCH3 is 1. The van der Waals surface area contributed by atoms with Crippen molar-refractivity contribution in [3.63, 3.8) is 0 Å². The summed E-state index contributed by atoms with van der Waals surface area (Å²) in [6.07, 6.45) is 3.65. The summed E-state index contributed by atoms with van der Waals surface area (Å²) in [4.78, 5) is 22.2. The molecule has 164 valence electrons. The van der Waals surface area contributed by atoms with E-state index in [1.807, 2.05) is 71.6 Å². The fourth-order valence-corrected chi connectivity index (χ4v) is 4.40. The number of hydrogen-bond acceptors (Lipinski definition) is 6. The van der Waals surface area contributed by atoms with E-state index in [4.69, 9.17) is 27.1 Å². The SMILES string of the molecule is COc1ccc(Cn2cc(C(=O)c3csc(N)n3)c3cc(-c4ccc(Cl)cc4)cnc32)cc1. The summed E-state index contributed by atoms with van der Waals surface area (Å²) < 4.78 is 7.23. The van der Waals surface area contributed by atoms with Crippen molar-refractivity contribution in [2.45, 2.75) is 6.54 Å². The molecule has 5 rings (SSSR count). The summed E-state index contributed by atoms with van der Waals surface area (Å²) in [5.74, 6) is 0.607. The van der Waals surface area contributed by atoms with Crippen LogP contribution >= 0.6 is 22.9 Å². The third-order valence-electron chi connectivity index (χ3n) is 5.40. The Balaban J connectivity index is 1.62. The van der Waals surface area contributed by atoms with Crippen molar-refractivity contribution in [3.05, 3.63) is 94.2 Å². The molecule has 0 fully saturated rings. The lowest BCUT2D eigenvalue weighted by molar-refractivity contribution is 0.103. The number of fused-ring (bicyclic) bond motifs is 1. The molecule has 0 aliphatic heterocycles. The first kappa shape index (κ1) is 21.2. The largest absolute Gasteiger partial charge is 0.497 e. The molecule has 6 nitrogen and oxygen atoms in total. The van der Waals surface area contributed by atoms with E-state index in [1.165, 1.54) is 11.3 Å². The summed E-state index contributed by atoms with van der Waals surface area (Å²) in [7, 11) is 1.64. The van der Waals surface area contributed by atoms with Crippen molar-refractivity contribution in [3.8, 4) is 16.9 Å². The highest BCUT2D eigenvalue weighted by Crippen LogP contribution is 2.29. The zero-order valence-corrected chi connectivity index (χ0v) is 19.2. The van der Waals surface area contributed by atoms with Crippen molar-refractivity contribution in [2.75, 3.05) is 12.8 Å². The normalized spacial score (nSPS) is 11.1. The highest BCUT2D eigenvalue weighted by Gasteiger charge is 2.20. The summed E-state index contributed by atoms with van der Waals surface area (Å²) >= 11 is 7.29. The minimum absolute atomic E-state index is 0.184. The van der Waals surface area contributed by atoms with E-state index in [0.29, 0.717) is 28.0 Å². The lowest BCUT2D eigenvalue weighted by atomic mass is 10.0. The van der Waals surface area contributed by atoms with Gasteiger partial charge in [0.05, 0.1) is 12.7 Å². The van der Waals surface area contributed by atoms with Crippen molar-refractivity contribution in [2.24, 2.45) is 0 Å². The van der Waals surface area contributed by atoms with Gasteiger partial charge in [0.2, 0.25) is 5.78 Å². The van der Waals surface area contributed by atoms with Crippen LogP contribution in [0, 0.1) is 0 Å². The summed E-state index contributed by atoms with van der Waals surface area (Å²) in [5, 5.41) is 3.46. The number of nitrogen functional groups attached to an aromatic ring is 1. The molecule has 3 aromatic heterocycles. The number of rotatable bonds is 6. The van der Waals surface area contributed by atoms with Crippen molar-refractivity contribution < 1.29 is 9.53 Å². The van der Waals surface area contributed by atoms with Gasteiger partial charge in [-0.3, -0.25) is 4.79 Å². The van der Waals surface area contributed by atoms with Gasteiger partial charge in [-0.2, -0.15) is 0 Å². The van der Waals surface area contributed by atoms with Gasteiger partial charge in [-0.05, 0) is 41.5 Å². The van der Waals surface area contributed by atoms with Crippen LogP contribution in [-0.4, -0.2) is 27.4 Å². The van der Waals surface area contributed by atoms with Crippen LogP contribution in [0.3, 0.4) is 0 Å². The molecule has 0 atom stereocenters. The number of nitrogens with two attached hydrogens (primary N) is 1. The van der Waals surface area contributed by atoms with E-state index in [2.05, 4.69) is 4.98 Å². The van der Waals surface area contributed by atoms with Crippen molar-refractivity contribution in [1.82, 2.24) is 14.5 Å². The van der Waals surface area contributed by atoms with Gasteiger partial charge in [-0.1, -0.05) is 35.9 Å². The van der Waals surface area contributed by atoms with Crippen LogP contribution in [-0.2, 0) is 6.54 Å². The van der Waals surface area contributed by atoms with Gasteiger partial charge in [0.25, 0.3) is 0 Å². The highest BCUT2D eigenvalue weighted by molar-refractivity contribution is 7.13. The first-order valence-electron chi connectivity index (χ1n) is 10.2. The fraction of sp³-hybridized carbons (Fsp3) is 0.0800. The molecule has 0 bridgehead atoms. The Bertz CT molecular complexity index is 1460. The minimum atomic E-state index is -0.184. The number of nitrogens with zero attached hydrogens (tertiary/aromatic N) is 3. The number of hydrogen-bond donors (Lipinski definition) is 1. The van der Waals surface area contributed by atoms with Crippen LogP contribution in [0.2, 0.25) is 5.02 Å². The van der Waals surface area contributed by atoms with Crippen molar-refractivity contribution >= 4 is 44.9 Å². The van der Waals surface area contributed by atoms with E-state index >= 15 is 0 Å². The quantitative estimate of drug-likeness (QED) is 0.320. The molecule has 0 saturated carbocycles. The second kappa shape index (κ2) is 8.69. The second-order valence-electron chi connectivity index (χ2n) is 7.52. The van der Waals surface area contributed by atoms with Crippen molar-refractivity contribution in [1.29, 1.82) is 0 Å². The minimum Gasteiger partial charge on any atom is -0.497 e. The zero-order valence-electron chi connectivity index (χ0n) is 17.7. The highest BCUT2D eigenvalue weighted by atomic mass is 35.5. The molecule has 0 aliphatic carbocycles. The van der Waals surface area contributed by atoms with Gasteiger partial charge in [-0.25, -0.2) is 9.97 Å². The Kier molecular flexibility index (Phi) is 5.58. The van der Waals surface area contributed by atoms with E-state index in [0.717, 1.165) is 33.5 Å². The molecule has 5 aromatic rings. The zero-order chi connectivity index (χ0) is 22.9. The van der Waals surface area contributed by atoms with Gasteiger partial charge >= 0.3 is 0 Å². The lowest BCUT2D eigenvalue weighted by Crippen LogP contribution is -2.02. The Hall–Kier alpha value is -3.68. The fourth-order valence-electron chi connectivity index (χ4n) is 3.73. The van der Waals surface area contributed by atoms with Crippen LogP contribution in [0.25, 0.3) is 22.2 Å². The monoisotopic (exact) mass is 474 g/mol. The maximum Gasteiger partial charge on any atom is 0.214 e. The van der Waals surface area contributed by atoms with Crippen LogP contribution in [0.1, 0.15) is 21.6 Å². The second-order valence-corrected chi connectivity index (χ2v) is 8.85. The number of halogens is 1. The summed E-state index contributed by atoms with van der Waals surface area (Å²) in [5.41, 5.74) is 10.3. The van der Waals surface area contributed by atoms with Crippen LogP contribution < -0.4 is 10.5 Å². The van der Waals surface area contributed by atoms with Crippen LogP contribution in [0.4, 0.5) is 5.13 Å². The molecule has 0 spiro atoms. The third-order valence-corrected chi connectivity index (χ3v) is 6.33. The van der Waals surface area contributed by atoms with E-state index in [9.17, 15) is 4.79 Å². The predicted octanol–water partition coefficient (Wildman–Crippen LogP) is 5.68. The topological polar surface area (TPSA) is 83.0 Å². The molecule has 33 heavy (non-hydrogen) atoms. The van der Waals surface area contributed by atoms with Crippen LogP contribution in [0.15, 0.2) is 72.4 Å². The van der Waals surface area contributed by atoms with E-state index < -0.39 is 0 Å². The number of carbonyl (C=O) groups is 1. The van der Waals surface area contributed by atoms with Gasteiger partial charge in [0.15, 0.2) is 5.13 Å². The average Bonchev–Trinajstić information content (AvgIpc) is 3.43. The molecule has 8 heteroatoms. The molecule has 0 aliphatic rings. The van der Waals surface area contributed by atoms with Gasteiger partial charge in [0, 0.05) is 40.3 Å². The molecule has 3 heterocycles. The first-order chi connectivity index (χ1) is 16.0. The Morgan fingerprint density at radius 2 is 1.88 bits per heavy atom. The van der Waals surface area contributed by atoms with E-state index in [-0.39, 0.29) is 5.78 Å². The maximum absolute atomic E-state index is 13.3. The molecule has 0 radical (unpaired) electrons. The third kappa shape index (κ3) is 4.20. The molecule has 2 N–H and O–H groups in total. The Morgan fingerprint density at radius 1 is 1.12 bits per heavy atom. The molecule has 0 saturated heterocycles. The number of ether oxygens (including phenoxy) is 1. The molecular formula is C25H19ClN4O2S. The molecular weight excluding hydrogens is 456 g/mol. The van der Waals surface area contributed by atoms with Gasteiger partial charge < -0.3 is 15.0 Å². The van der Waals surface area contributed by atoms with Crippen LogP contribution in [0.5, 0.6) is 5.75 Å². The lowest BCUT2D eigenvalue weighted by Gasteiger charge is -2.07. The maximum atomic E-state index is 13.3. The van der Waals surface area contributed by atoms with E-state index in [1.54, 1.807) is 12.5 Å². The average molecular weight is 475 g/mol. The summed E-state index contributed by atoms with van der Waals surface area (Å²) in [6, 6.07) is 17.3. The van der Waals surface area contributed by atoms with Gasteiger partial charge in [0.1, 0.15) is 17.1 Å². The smallest absolute Gasteiger partial charge is 0.214 e. The standard InChI is InChI=1S/C25H19ClN4O2S/c1-32-19-8-2-15(3-9-19)12-30-13-21(23(31)22-14-33-25(27)29-22)20-10-17(11-28-24(20)30)16-4-6-18(26)7-5-16/h2-11,13-14H,12H2,1H3,(H2,27,29). The molecule has 2 aromatic carbocycles. The molecule has 0 amide bonds. The number of benzene rings is 2. The Labute approximate surface area is 199 Å². The number of carbonyl (C=O) groups excluding carboxylic acids is 1. The number of ketones is 1. The number of pyridine rings is 1. The molecule has 0 unspecified atom stereocenters. The number of thiazole rings is 1. The number of anilines is 1. The van der Waals surface area contributed by atoms with Gasteiger partial charge in [-0.15, -0.1) is 11.3 Å².